The van der Waals surface area contributed by atoms with Crippen molar-refractivity contribution in [3.05, 3.63) is 0 Å². The van der Waals surface area contributed by atoms with Gasteiger partial charge in [0.25, 0.3) is 0 Å². The van der Waals surface area contributed by atoms with Crippen molar-refractivity contribution >= 4 is 5.97 Å². The van der Waals surface area contributed by atoms with Gasteiger partial charge in [0.2, 0.25) is 0 Å². The van der Waals surface area contributed by atoms with Crippen LogP contribution in [0, 0.1) is 0 Å². The van der Waals surface area contributed by atoms with Crippen LogP contribution in [0.3, 0.4) is 0 Å². The standard InChI is InChI=1S/C23H47NO2.H3N/c1-4-5-6-7-8-9-10-11-12-13-14-15-16-17-18-20-23(25)26-22-19-21-24(2)3;/h4-22H2,1-3H3;1H3. The first-order chi connectivity index (χ1) is 12.7. The summed E-state index contributed by atoms with van der Waals surface area (Å²) >= 11 is 0. The lowest BCUT2D eigenvalue weighted by Gasteiger charge is -2.09. The summed E-state index contributed by atoms with van der Waals surface area (Å²) in [5, 5.41) is 0. The van der Waals surface area contributed by atoms with Crippen molar-refractivity contribution in [2.24, 2.45) is 0 Å². The van der Waals surface area contributed by atoms with Gasteiger partial charge in [-0.1, -0.05) is 96.8 Å². The first-order valence-electron chi connectivity index (χ1n) is 11.5. The third-order valence-corrected chi connectivity index (χ3v) is 5.00. The molecule has 0 saturated heterocycles. The van der Waals surface area contributed by atoms with Gasteiger partial charge < -0.3 is 15.8 Å². The fraction of sp³-hybridized carbons (Fsp3) is 0.957. The molecular weight excluding hydrogens is 336 g/mol. The van der Waals surface area contributed by atoms with Crippen LogP contribution in [-0.2, 0) is 9.53 Å². The maximum absolute atomic E-state index is 11.6. The normalized spacial score (nSPS) is 10.8. The number of hydrogen-bond acceptors (Lipinski definition) is 4. The molecule has 3 N–H and O–H groups in total. The smallest absolute Gasteiger partial charge is 0.305 e. The number of carbonyl (C=O) groups is 1. The van der Waals surface area contributed by atoms with E-state index in [9.17, 15) is 4.79 Å². The number of nitrogens with zero attached hydrogens (tertiary/aromatic N) is 1. The van der Waals surface area contributed by atoms with Crippen LogP contribution in [0.2, 0.25) is 0 Å². The van der Waals surface area contributed by atoms with Crippen LogP contribution in [0.4, 0.5) is 0 Å². The van der Waals surface area contributed by atoms with E-state index in [1.807, 2.05) is 14.1 Å². The molecule has 0 fully saturated rings. The van der Waals surface area contributed by atoms with Crippen LogP contribution < -0.4 is 6.15 Å². The Bertz CT molecular complexity index is 296. The van der Waals surface area contributed by atoms with Gasteiger partial charge in [-0.05, 0) is 26.9 Å². The highest BCUT2D eigenvalue weighted by Gasteiger charge is 2.02. The van der Waals surface area contributed by atoms with Crippen LogP contribution in [0.25, 0.3) is 0 Å². The first-order valence-corrected chi connectivity index (χ1v) is 11.5. The maximum atomic E-state index is 11.6. The van der Waals surface area contributed by atoms with Crippen molar-refractivity contribution in [3.8, 4) is 0 Å². The lowest BCUT2D eigenvalue weighted by molar-refractivity contribution is -0.143. The van der Waals surface area contributed by atoms with E-state index < -0.39 is 0 Å². The Labute approximate surface area is 170 Å². The van der Waals surface area contributed by atoms with Crippen molar-refractivity contribution in [1.29, 1.82) is 0 Å². The van der Waals surface area contributed by atoms with Crippen molar-refractivity contribution < 1.29 is 9.53 Å². The van der Waals surface area contributed by atoms with Gasteiger partial charge in [0.1, 0.15) is 0 Å². The molecule has 0 heterocycles. The van der Waals surface area contributed by atoms with Gasteiger partial charge in [0.05, 0.1) is 6.61 Å². The number of carbonyl (C=O) groups excluding carboxylic acids is 1. The lowest BCUT2D eigenvalue weighted by Crippen LogP contribution is -2.16. The van der Waals surface area contributed by atoms with E-state index in [0.29, 0.717) is 13.0 Å². The minimum absolute atomic E-state index is 0. The average molecular weight is 387 g/mol. The van der Waals surface area contributed by atoms with E-state index in [2.05, 4.69) is 11.8 Å². The second kappa shape index (κ2) is 23.4. The highest BCUT2D eigenvalue weighted by molar-refractivity contribution is 5.69. The molecule has 0 aromatic carbocycles. The molecule has 0 unspecified atom stereocenters. The van der Waals surface area contributed by atoms with Crippen molar-refractivity contribution in [2.75, 3.05) is 27.2 Å². The zero-order chi connectivity index (χ0) is 19.3. The fourth-order valence-corrected chi connectivity index (χ4v) is 3.28. The summed E-state index contributed by atoms with van der Waals surface area (Å²) in [4.78, 5) is 13.7. The molecule has 0 saturated carbocycles. The number of hydrogen-bond donors (Lipinski definition) is 1. The van der Waals surface area contributed by atoms with Gasteiger partial charge in [0, 0.05) is 13.0 Å². The molecule has 0 aromatic rings. The second-order valence-corrected chi connectivity index (χ2v) is 8.08. The summed E-state index contributed by atoms with van der Waals surface area (Å²) in [6, 6.07) is 0. The molecule has 0 amide bonds. The minimum Gasteiger partial charge on any atom is -0.466 e. The summed E-state index contributed by atoms with van der Waals surface area (Å²) in [6.45, 7) is 3.82. The van der Waals surface area contributed by atoms with Crippen LogP contribution in [0.1, 0.15) is 116 Å². The zero-order valence-corrected chi connectivity index (χ0v) is 18.9. The Kier molecular flexibility index (Phi) is 24.8. The van der Waals surface area contributed by atoms with E-state index >= 15 is 0 Å². The molecular formula is C23H50N2O2. The van der Waals surface area contributed by atoms with E-state index in [1.165, 1.54) is 89.9 Å². The van der Waals surface area contributed by atoms with Gasteiger partial charge in [-0.2, -0.15) is 0 Å². The number of ether oxygens (including phenoxy) is 1. The Morgan fingerprint density at radius 1 is 0.667 bits per heavy atom. The highest BCUT2D eigenvalue weighted by Crippen LogP contribution is 2.13. The predicted molar refractivity (Wildman–Crippen MR) is 119 cm³/mol. The van der Waals surface area contributed by atoms with Crippen molar-refractivity contribution in [1.82, 2.24) is 11.1 Å². The van der Waals surface area contributed by atoms with Gasteiger partial charge in [-0.15, -0.1) is 0 Å². The molecule has 0 bridgehead atoms. The monoisotopic (exact) mass is 386 g/mol. The summed E-state index contributed by atoms with van der Waals surface area (Å²) in [5.41, 5.74) is 0. The number of esters is 1. The van der Waals surface area contributed by atoms with Gasteiger partial charge in [0.15, 0.2) is 0 Å². The number of unbranched alkanes of at least 4 members (excludes halogenated alkanes) is 14. The molecule has 0 aliphatic carbocycles. The van der Waals surface area contributed by atoms with E-state index in [0.717, 1.165) is 19.4 Å². The topological polar surface area (TPSA) is 64.5 Å². The van der Waals surface area contributed by atoms with Gasteiger partial charge >= 0.3 is 5.97 Å². The Balaban J connectivity index is 0. The predicted octanol–water partition coefficient (Wildman–Crippen LogP) is 6.90. The molecule has 0 radical (unpaired) electrons. The Morgan fingerprint density at radius 3 is 1.48 bits per heavy atom. The van der Waals surface area contributed by atoms with E-state index in [4.69, 9.17) is 4.74 Å². The van der Waals surface area contributed by atoms with Crippen molar-refractivity contribution in [2.45, 2.75) is 116 Å². The molecule has 0 atom stereocenters. The quantitative estimate of drug-likeness (QED) is 0.182. The molecule has 4 heteroatoms. The summed E-state index contributed by atoms with van der Waals surface area (Å²) in [6.07, 6.45) is 21.8. The van der Waals surface area contributed by atoms with E-state index in [1.54, 1.807) is 0 Å². The zero-order valence-electron chi connectivity index (χ0n) is 18.9. The largest absolute Gasteiger partial charge is 0.466 e. The van der Waals surface area contributed by atoms with Gasteiger partial charge in [-0.3, -0.25) is 4.79 Å². The molecule has 0 aliphatic rings. The molecule has 27 heavy (non-hydrogen) atoms. The highest BCUT2D eigenvalue weighted by atomic mass is 16.5. The van der Waals surface area contributed by atoms with Crippen LogP contribution in [-0.4, -0.2) is 38.1 Å². The van der Waals surface area contributed by atoms with Crippen molar-refractivity contribution in [3.63, 3.8) is 0 Å². The molecule has 0 aliphatic heterocycles. The third-order valence-electron chi connectivity index (χ3n) is 5.00. The van der Waals surface area contributed by atoms with Crippen LogP contribution in [0.15, 0.2) is 0 Å². The van der Waals surface area contributed by atoms with Gasteiger partial charge in [-0.25, -0.2) is 0 Å². The molecule has 0 rings (SSSR count). The van der Waals surface area contributed by atoms with Crippen LogP contribution >= 0.6 is 0 Å². The Hall–Kier alpha value is -0.610. The summed E-state index contributed by atoms with van der Waals surface area (Å²) in [5.74, 6) is -0.0153. The SMILES string of the molecule is CCCCCCCCCCCCCCCCCC(=O)OCCCN(C)C.N. The third kappa shape index (κ3) is 25.4. The molecule has 0 spiro atoms. The fourth-order valence-electron chi connectivity index (χ4n) is 3.28. The second-order valence-electron chi connectivity index (χ2n) is 8.08. The minimum atomic E-state index is -0.0153. The van der Waals surface area contributed by atoms with Crippen LogP contribution in [0.5, 0.6) is 0 Å². The summed E-state index contributed by atoms with van der Waals surface area (Å²) < 4.78 is 5.25. The summed E-state index contributed by atoms with van der Waals surface area (Å²) in [7, 11) is 4.08. The average Bonchev–Trinajstić information content (AvgIpc) is 2.62. The lowest BCUT2D eigenvalue weighted by atomic mass is 10.0. The molecule has 4 nitrogen and oxygen atoms in total. The number of rotatable bonds is 20. The first kappa shape index (κ1) is 28.6. The molecule has 164 valence electrons. The Morgan fingerprint density at radius 2 is 1.07 bits per heavy atom. The molecule has 0 aromatic heterocycles. The van der Waals surface area contributed by atoms with E-state index in [-0.39, 0.29) is 12.1 Å². The maximum Gasteiger partial charge on any atom is 0.305 e.